The van der Waals surface area contributed by atoms with E-state index < -0.39 is 0 Å². The largest absolute Gasteiger partial charge is 0.0840 e. The predicted octanol–water partition coefficient (Wildman–Crippen LogP) is 9.32. The topological polar surface area (TPSA) is 0 Å². The Hall–Kier alpha value is -3.87. The van der Waals surface area contributed by atoms with Crippen LogP contribution in [0.15, 0.2) is 127 Å². The SMILES string of the molecule is Clc1cccc2c1C(c1cccc3ccccc13)c1ccccc1C2c1cccc2ccccc12. The molecule has 0 saturated heterocycles. The Bertz CT molecular complexity index is 1720. The molecule has 6 aromatic rings. The van der Waals surface area contributed by atoms with Crippen molar-refractivity contribution in [2.45, 2.75) is 11.8 Å². The minimum absolute atomic E-state index is 0.0761. The maximum absolute atomic E-state index is 7.08. The van der Waals surface area contributed by atoms with E-state index in [4.69, 9.17) is 11.6 Å². The summed E-state index contributed by atoms with van der Waals surface area (Å²) >= 11 is 7.08. The van der Waals surface area contributed by atoms with Gasteiger partial charge in [0.1, 0.15) is 0 Å². The summed E-state index contributed by atoms with van der Waals surface area (Å²) in [5.74, 6) is 0.199. The van der Waals surface area contributed by atoms with E-state index in [1.54, 1.807) is 0 Å². The zero-order chi connectivity index (χ0) is 23.4. The van der Waals surface area contributed by atoms with Crippen molar-refractivity contribution in [1.29, 1.82) is 0 Å². The van der Waals surface area contributed by atoms with Gasteiger partial charge < -0.3 is 0 Å². The van der Waals surface area contributed by atoms with Crippen molar-refractivity contribution in [1.82, 2.24) is 0 Å². The average Bonchev–Trinajstić information content (AvgIpc) is 2.91. The van der Waals surface area contributed by atoms with Gasteiger partial charge in [-0.05, 0) is 61.0 Å². The fourth-order valence-corrected chi connectivity index (χ4v) is 6.42. The molecule has 2 unspecified atom stereocenters. The summed E-state index contributed by atoms with van der Waals surface area (Å²) in [6.45, 7) is 0. The maximum Gasteiger partial charge on any atom is 0.0450 e. The molecule has 0 fully saturated rings. The third-order valence-corrected chi connectivity index (χ3v) is 7.90. The Kier molecular flexibility index (Phi) is 4.75. The summed E-state index contributed by atoms with van der Waals surface area (Å²) in [5.41, 5.74) is 7.85. The number of halogens is 1. The van der Waals surface area contributed by atoms with Crippen LogP contribution in [0.4, 0.5) is 0 Å². The van der Waals surface area contributed by atoms with Gasteiger partial charge in [-0.1, -0.05) is 133 Å². The first-order chi connectivity index (χ1) is 17.3. The normalized spacial score (nSPS) is 16.7. The molecule has 166 valence electrons. The van der Waals surface area contributed by atoms with Gasteiger partial charge in [-0.2, -0.15) is 0 Å². The Labute approximate surface area is 210 Å². The lowest BCUT2D eigenvalue weighted by molar-refractivity contribution is 0.830. The molecule has 35 heavy (non-hydrogen) atoms. The van der Waals surface area contributed by atoms with E-state index in [1.165, 1.54) is 54.9 Å². The number of hydrogen-bond acceptors (Lipinski definition) is 0. The third-order valence-electron chi connectivity index (χ3n) is 7.57. The van der Waals surface area contributed by atoms with Crippen LogP contribution >= 0.6 is 11.6 Å². The summed E-state index contributed by atoms with van der Waals surface area (Å²) in [4.78, 5) is 0. The van der Waals surface area contributed by atoms with Gasteiger partial charge >= 0.3 is 0 Å². The van der Waals surface area contributed by atoms with Crippen LogP contribution in [-0.4, -0.2) is 0 Å². The summed E-state index contributed by atoms with van der Waals surface area (Å²) in [7, 11) is 0. The molecule has 0 aromatic heterocycles. The third kappa shape index (κ3) is 3.14. The first kappa shape index (κ1) is 20.5. The molecule has 6 aromatic carbocycles. The van der Waals surface area contributed by atoms with Crippen LogP contribution in [0.1, 0.15) is 45.2 Å². The van der Waals surface area contributed by atoms with E-state index in [2.05, 4.69) is 121 Å². The molecular formula is C34H23Cl. The van der Waals surface area contributed by atoms with Crippen molar-refractivity contribution in [3.63, 3.8) is 0 Å². The van der Waals surface area contributed by atoms with Gasteiger partial charge in [0.25, 0.3) is 0 Å². The first-order valence-corrected chi connectivity index (χ1v) is 12.5. The molecule has 0 bridgehead atoms. The summed E-state index contributed by atoms with van der Waals surface area (Å²) in [6.07, 6.45) is 0. The van der Waals surface area contributed by atoms with E-state index in [1.807, 2.05) is 6.07 Å². The van der Waals surface area contributed by atoms with Gasteiger partial charge in [-0.3, -0.25) is 0 Å². The van der Waals surface area contributed by atoms with E-state index in [0.717, 1.165) is 5.02 Å². The molecule has 0 N–H and O–H groups in total. The number of fused-ring (bicyclic) bond motifs is 4. The van der Waals surface area contributed by atoms with Crippen molar-refractivity contribution in [3.05, 3.63) is 166 Å². The number of hydrogen-bond donors (Lipinski definition) is 0. The van der Waals surface area contributed by atoms with Gasteiger partial charge in [0.2, 0.25) is 0 Å². The zero-order valence-electron chi connectivity index (χ0n) is 19.2. The standard InChI is InChI=1S/C34H23Cl/c35-31-21-9-20-30-32(26-18-7-12-22-10-1-3-14-24(22)26)28-16-5-6-17-29(28)33(34(30)31)27-19-8-13-23-11-2-4-15-25(23)27/h1-21,32-33H. The molecule has 0 saturated carbocycles. The lowest BCUT2D eigenvalue weighted by atomic mass is 9.67. The van der Waals surface area contributed by atoms with Gasteiger partial charge in [0.15, 0.2) is 0 Å². The molecule has 1 aliphatic carbocycles. The quantitative estimate of drug-likeness (QED) is 0.238. The molecule has 0 nitrogen and oxygen atoms in total. The fraction of sp³-hybridized carbons (Fsp3) is 0.0588. The second-order valence-electron chi connectivity index (χ2n) is 9.37. The van der Waals surface area contributed by atoms with Gasteiger partial charge in [0, 0.05) is 16.9 Å². The Balaban J connectivity index is 1.58. The minimum Gasteiger partial charge on any atom is -0.0840 e. The van der Waals surface area contributed by atoms with Crippen LogP contribution in [0.2, 0.25) is 5.02 Å². The summed E-state index contributed by atoms with van der Waals surface area (Å²) < 4.78 is 0. The summed E-state index contributed by atoms with van der Waals surface area (Å²) in [5, 5.41) is 5.93. The molecule has 0 radical (unpaired) electrons. The molecule has 1 heteroatoms. The highest BCUT2D eigenvalue weighted by molar-refractivity contribution is 6.31. The van der Waals surface area contributed by atoms with Crippen molar-refractivity contribution >= 4 is 33.1 Å². The predicted molar refractivity (Wildman–Crippen MR) is 148 cm³/mol. The van der Waals surface area contributed by atoms with Crippen molar-refractivity contribution in [2.24, 2.45) is 0 Å². The zero-order valence-corrected chi connectivity index (χ0v) is 19.9. The van der Waals surface area contributed by atoms with Gasteiger partial charge in [-0.25, -0.2) is 0 Å². The van der Waals surface area contributed by atoms with Gasteiger partial charge in [0.05, 0.1) is 0 Å². The van der Waals surface area contributed by atoms with Crippen LogP contribution in [0, 0.1) is 0 Å². The molecule has 0 spiro atoms. The second-order valence-corrected chi connectivity index (χ2v) is 9.78. The average molecular weight is 467 g/mol. The van der Waals surface area contributed by atoms with E-state index in [0.29, 0.717) is 0 Å². The highest BCUT2D eigenvalue weighted by atomic mass is 35.5. The van der Waals surface area contributed by atoms with Crippen LogP contribution in [0.5, 0.6) is 0 Å². The molecule has 0 heterocycles. The molecule has 0 aliphatic heterocycles. The Morgan fingerprint density at radius 2 is 0.800 bits per heavy atom. The van der Waals surface area contributed by atoms with Crippen LogP contribution in [0.3, 0.4) is 0 Å². The maximum atomic E-state index is 7.08. The first-order valence-electron chi connectivity index (χ1n) is 12.1. The summed E-state index contributed by atoms with van der Waals surface area (Å²) in [6, 6.07) is 46.1. The van der Waals surface area contributed by atoms with E-state index in [-0.39, 0.29) is 11.8 Å². The molecule has 2 atom stereocenters. The van der Waals surface area contributed by atoms with Crippen molar-refractivity contribution in [3.8, 4) is 0 Å². The Morgan fingerprint density at radius 1 is 0.371 bits per heavy atom. The van der Waals surface area contributed by atoms with Crippen LogP contribution in [0.25, 0.3) is 21.5 Å². The molecule has 1 aliphatic rings. The smallest absolute Gasteiger partial charge is 0.0450 e. The van der Waals surface area contributed by atoms with Crippen LogP contribution < -0.4 is 0 Å². The fourth-order valence-electron chi connectivity index (χ4n) is 6.13. The second kappa shape index (κ2) is 8.12. The van der Waals surface area contributed by atoms with Gasteiger partial charge in [-0.15, -0.1) is 0 Å². The van der Waals surface area contributed by atoms with Crippen molar-refractivity contribution < 1.29 is 0 Å². The molecular weight excluding hydrogens is 444 g/mol. The number of benzene rings is 6. The molecule has 0 amide bonds. The number of rotatable bonds is 2. The van der Waals surface area contributed by atoms with Crippen molar-refractivity contribution in [2.75, 3.05) is 0 Å². The highest BCUT2D eigenvalue weighted by Crippen LogP contribution is 2.52. The molecule has 7 rings (SSSR count). The van der Waals surface area contributed by atoms with E-state index >= 15 is 0 Å². The Morgan fingerprint density at radius 3 is 1.46 bits per heavy atom. The lowest BCUT2D eigenvalue weighted by Crippen LogP contribution is -2.21. The minimum atomic E-state index is 0.0761. The van der Waals surface area contributed by atoms with Crippen LogP contribution in [-0.2, 0) is 0 Å². The lowest BCUT2D eigenvalue weighted by Gasteiger charge is -2.36. The van der Waals surface area contributed by atoms with E-state index in [9.17, 15) is 0 Å². The highest BCUT2D eigenvalue weighted by Gasteiger charge is 2.36. The monoisotopic (exact) mass is 466 g/mol.